The first kappa shape index (κ1) is 16.4. The van der Waals surface area contributed by atoms with Crippen LogP contribution in [0.4, 0.5) is 11.4 Å². The molecule has 120 valence electrons. The molecule has 1 aromatic heterocycles. The molecule has 0 saturated heterocycles. The Balaban J connectivity index is 1.78. The SMILES string of the molecule is O=C(O)c1ccc(/N=N/c2ccc(-c3cc(=S)ss3)cc2)cc1O. The second kappa shape index (κ2) is 7.00. The predicted molar refractivity (Wildman–Crippen MR) is 97.7 cm³/mol. The number of aromatic hydroxyl groups is 1. The third-order valence-electron chi connectivity index (χ3n) is 3.11. The first-order valence-electron chi connectivity index (χ1n) is 6.71. The average Bonchev–Trinajstić information content (AvgIpc) is 2.99. The Bertz CT molecular complexity index is 975. The van der Waals surface area contributed by atoms with Gasteiger partial charge < -0.3 is 10.2 Å². The number of phenols is 1. The van der Waals surface area contributed by atoms with Crippen LogP contribution in [0, 0.1) is 3.82 Å². The van der Waals surface area contributed by atoms with Crippen LogP contribution in [0.3, 0.4) is 0 Å². The minimum atomic E-state index is -1.19. The van der Waals surface area contributed by atoms with Gasteiger partial charge in [-0.25, -0.2) is 4.79 Å². The summed E-state index contributed by atoms with van der Waals surface area (Å²) in [7, 11) is 3.20. The molecule has 0 aliphatic rings. The fraction of sp³-hybridized carbons (Fsp3) is 0. The highest BCUT2D eigenvalue weighted by molar-refractivity contribution is 7.80. The molecule has 8 heteroatoms. The maximum atomic E-state index is 10.8. The van der Waals surface area contributed by atoms with E-state index in [-0.39, 0.29) is 11.3 Å². The van der Waals surface area contributed by atoms with Crippen molar-refractivity contribution in [2.45, 2.75) is 0 Å². The molecule has 5 nitrogen and oxygen atoms in total. The minimum Gasteiger partial charge on any atom is -0.507 e. The van der Waals surface area contributed by atoms with Gasteiger partial charge in [0.15, 0.2) is 0 Å². The molecule has 0 atom stereocenters. The van der Waals surface area contributed by atoms with Crippen molar-refractivity contribution in [3.63, 3.8) is 0 Å². The minimum absolute atomic E-state index is 0.170. The lowest BCUT2D eigenvalue weighted by molar-refractivity contribution is 0.0694. The highest BCUT2D eigenvalue weighted by atomic mass is 32.9. The second-order valence-electron chi connectivity index (χ2n) is 4.75. The van der Waals surface area contributed by atoms with Crippen LogP contribution >= 0.6 is 32.9 Å². The molecule has 1 heterocycles. The third kappa shape index (κ3) is 3.73. The lowest BCUT2D eigenvalue weighted by Crippen LogP contribution is -1.95. The standard InChI is InChI=1S/C16H10N2O3S3/c19-13-7-11(5-6-12(13)16(20)21)18-17-10-3-1-9(2-4-10)14-8-15(22)24-23-14/h1-8,19H,(H,20,21)/b18-17+. The molecule has 0 fully saturated rings. The lowest BCUT2D eigenvalue weighted by atomic mass is 10.2. The van der Waals surface area contributed by atoms with Gasteiger partial charge in [0.05, 0.1) is 11.4 Å². The van der Waals surface area contributed by atoms with Gasteiger partial charge in [-0.15, -0.1) is 0 Å². The monoisotopic (exact) mass is 374 g/mol. The average molecular weight is 374 g/mol. The summed E-state index contributed by atoms with van der Waals surface area (Å²) in [4.78, 5) is 12.0. The maximum Gasteiger partial charge on any atom is 0.339 e. The molecule has 0 aliphatic heterocycles. The van der Waals surface area contributed by atoms with Crippen molar-refractivity contribution in [3.8, 4) is 16.2 Å². The summed E-state index contributed by atoms with van der Waals surface area (Å²) < 4.78 is 0.864. The van der Waals surface area contributed by atoms with Crippen LogP contribution in [0.1, 0.15) is 10.4 Å². The third-order valence-corrected chi connectivity index (χ3v) is 6.02. The van der Waals surface area contributed by atoms with Gasteiger partial charge in [0.2, 0.25) is 0 Å². The summed E-state index contributed by atoms with van der Waals surface area (Å²) >= 11 is 5.13. The number of carbonyl (C=O) groups is 1. The number of hydrogen-bond donors (Lipinski definition) is 2. The normalized spacial score (nSPS) is 11.0. The summed E-state index contributed by atoms with van der Waals surface area (Å²) in [6.07, 6.45) is 0. The number of azo groups is 1. The van der Waals surface area contributed by atoms with Crippen molar-refractivity contribution in [1.29, 1.82) is 0 Å². The molecule has 3 rings (SSSR count). The Morgan fingerprint density at radius 2 is 1.62 bits per heavy atom. The fourth-order valence-electron chi connectivity index (χ4n) is 1.94. The van der Waals surface area contributed by atoms with Crippen LogP contribution in [-0.2, 0) is 0 Å². The molecule has 0 radical (unpaired) electrons. The van der Waals surface area contributed by atoms with Gasteiger partial charge in [0, 0.05) is 10.9 Å². The van der Waals surface area contributed by atoms with Gasteiger partial charge in [-0.2, -0.15) is 10.2 Å². The zero-order valence-corrected chi connectivity index (χ0v) is 14.5. The number of carboxylic acid groups (broad SMARTS) is 1. The van der Waals surface area contributed by atoms with Gasteiger partial charge in [0.25, 0.3) is 0 Å². The van der Waals surface area contributed by atoms with Crippen molar-refractivity contribution in [1.82, 2.24) is 0 Å². The largest absolute Gasteiger partial charge is 0.507 e. The number of rotatable bonds is 4. The lowest BCUT2D eigenvalue weighted by Gasteiger charge is -2.00. The van der Waals surface area contributed by atoms with E-state index in [1.54, 1.807) is 20.7 Å². The Kier molecular flexibility index (Phi) is 4.79. The van der Waals surface area contributed by atoms with Gasteiger partial charge in [-0.3, -0.25) is 0 Å². The number of carboxylic acids is 1. The molecule has 0 amide bonds. The second-order valence-corrected chi connectivity index (χ2v) is 7.66. The molecule has 2 aromatic carbocycles. The highest BCUT2D eigenvalue weighted by Gasteiger charge is 2.09. The number of aromatic carboxylic acids is 1. The van der Waals surface area contributed by atoms with E-state index in [1.807, 2.05) is 30.3 Å². The van der Waals surface area contributed by atoms with Crippen LogP contribution in [0.2, 0.25) is 0 Å². The van der Waals surface area contributed by atoms with E-state index >= 15 is 0 Å². The molecular formula is C16H10N2O3S3. The molecule has 24 heavy (non-hydrogen) atoms. The van der Waals surface area contributed by atoms with E-state index < -0.39 is 5.97 Å². The predicted octanol–water partition coefficient (Wildman–Crippen LogP) is 6.03. The van der Waals surface area contributed by atoms with E-state index in [9.17, 15) is 9.90 Å². The Morgan fingerprint density at radius 1 is 0.958 bits per heavy atom. The Morgan fingerprint density at radius 3 is 2.21 bits per heavy atom. The quantitative estimate of drug-likeness (QED) is 0.332. The maximum absolute atomic E-state index is 10.8. The van der Waals surface area contributed by atoms with E-state index in [0.717, 1.165) is 14.3 Å². The highest BCUT2D eigenvalue weighted by Crippen LogP contribution is 2.31. The first-order chi connectivity index (χ1) is 11.5. The summed E-state index contributed by atoms with van der Waals surface area (Å²) in [5.74, 6) is -1.53. The van der Waals surface area contributed by atoms with Crippen LogP contribution in [0.5, 0.6) is 5.75 Å². The van der Waals surface area contributed by atoms with Crippen molar-refractivity contribution < 1.29 is 15.0 Å². The first-order valence-corrected chi connectivity index (χ1v) is 9.27. The summed E-state index contributed by atoms with van der Waals surface area (Å²) in [6.45, 7) is 0. The zero-order valence-electron chi connectivity index (χ0n) is 12.0. The summed E-state index contributed by atoms with van der Waals surface area (Å²) in [5.41, 5.74) is 1.92. The van der Waals surface area contributed by atoms with Crippen molar-refractivity contribution >= 4 is 50.2 Å². The molecule has 0 saturated carbocycles. The number of benzene rings is 2. The van der Waals surface area contributed by atoms with Gasteiger partial charge in [-0.1, -0.05) is 45.0 Å². The van der Waals surface area contributed by atoms with Crippen molar-refractivity contribution in [2.75, 3.05) is 0 Å². The van der Waals surface area contributed by atoms with Gasteiger partial charge >= 0.3 is 5.97 Å². The molecule has 0 aliphatic carbocycles. The van der Waals surface area contributed by atoms with Crippen LogP contribution in [0.15, 0.2) is 58.8 Å². The van der Waals surface area contributed by atoms with Crippen molar-refractivity contribution in [3.05, 3.63) is 57.9 Å². The molecule has 0 unspecified atom stereocenters. The number of hydrogen-bond acceptors (Lipinski definition) is 7. The molecule has 0 spiro atoms. The van der Waals surface area contributed by atoms with Crippen LogP contribution in [0.25, 0.3) is 10.4 Å². The molecular weight excluding hydrogens is 364 g/mol. The van der Waals surface area contributed by atoms with Gasteiger partial charge in [-0.05, 0) is 35.9 Å². The summed E-state index contributed by atoms with van der Waals surface area (Å²) in [6, 6.07) is 13.5. The van der Waals surface area contributed by atoms with E-state index in [4.69, 9.17) is 17.3 Å². The topological polar surface area (TPSA) is 82.2 Å². The van der Waals surface area contributed by atoms with E-state index in [0.29, 0.717) is 11.4 Å². The zero-order chi connectivity index (χ0) is 17.1. The fourth-order valence-corrected chi connectivity index (χ4v) is 4.35. The number of nitrogens with zero attached hydrogens (tertiary/aromatic N) is 2. The molecule has 3 aromatic rings. The Labute approximate surface area is 149 Å². The molecule has 0 bridgehead atoms. The van der Waals surface area contributed by atoms with Crippen LogP contribution < -0.4 is 0 Å². The van der Waals surface area contributed by atoms with Crippen molar-refractivity contribution in [2.24, 2.45) is 10.2 Å². The smallest absolute Gasteiger partial charge is 0.339 e. The van der Waals surface area contributed by atoms with Crippen LogP contribution in [-0.4, -0.2) is 16.2 Å². The van der Waals surface area contributed by atoms with E-state index in [2.05, 4.69) is 10.2 Å². The van der Waals surface area contributed by atoms with Gasteiger partial charge in [0.1, 0.15) is 15.1 Å². The Hall–Kier alpha value is -2.42. The van der Waals surface area contributed by atoms with E-state index in [1.165, 1.54) is 18.2 Å². The summed E-state index contributed by atoms with van der Waals surface area (Å²) in [5, 5.41) is 26.6. The molecule has 2 N–H and O–H groups in total.